The lowest BCUT2D eigenvalue weighted by atomic mass is 9.95. The lowest BCUT2D eigenvalue weighted by Gasteiger charge is -2.36. The molecule has 2 N–H and O–H groups in total. The number of nitrogens with zero attached hydrogens (tertiary/aromatic N) is 1. The van der Waals surface area contributed by atoms with Gasteiger partial charge in [0.2, 0.25) is 0 Å². The molecule has 1 heterocycles. The van der Waals surface area contributed by atoms with Gasteiger partial charge in [-0.05, 0) is 32.4 Å². The summed E-state index contributed by atoms with van der Waals surface area (Å²) in [5.74, 6) is 0. The van der Waals surface area contributed by atoms with Crippen molar-refractivity contribution in [3.05, 3.63) is 12.2 Å². The quantitative estimate of drug-likeness (QED) is 0.512. The second-order valence-electron chi connectivity index (χ2n) is 3.99. The topological polar surface area (TPSA) is 29.3 Å². The SMILES string of the molecule is NC1C=CCC(Cl)C1N1CCCC1. The molecule has 0 aromatic rings. The van der Waals surface area contributed by atoms with Crippen LogP contribution < -0.4 is 5.73 Å². The van der Waals surface area contributed by atoms with E-state index in [1.165, 1.54) is 25.9 Å². The van der Waals surface area contributed by atoms with Crippen LogP contribution in [0.3, 0.4) is 0 Å². The van der Waals surface area contributed by atoms with Crippen molar-refractivity contribution in [3.63, 3.8) is 0 Å². The van der Waals surface area contributed by atoms with Crippen molar-refractivity contribution in [3.8, 4) is 0 Å². The first-order chi connectivity index (χ1) is 6.29. The Morgan fingerprint density at radius 2 is 2.00 bits per heavy atom. The van der Waals surface area contributed by atoms with Crippen LogP contribution in [0.15, 0.2) is 12.2 Å². The third-order valence-electron chi connectivity index (χ3n) is 3.05. The van der Waals surface area contributed by atoms with E-state index in [-0.39, 0.29) is 11.4 Å². The predicted molar refractivity (Wildman–Crippen MR) is 56.0 cm³/mol. The van der Waals surface area contributed by atoms with Crippen LogP contribution >= 0.6 is 11.6 Å². The predicted octanol–water partition coefficient (Wildman–Crippen LogP) is 1.35. The van der Waals surface area contributed by atoms with Gasteiger partial charge in [-0.15, -0.1) is 11.6 Å². The number of hydrogen-bond donors (Lipinski definition) is 1. The number of halogens is 1. The maximum atomic E-state index is 6.28. The highest BCUT2D eigenvalue weighted by Crippen LogP contribution is 2.25. The normalized spacial score (nSPS) is 41.2. The van der Waals surface area contributed by atoms with E-state index < -0.39 is 0 Å². The van der Waals surface area contributed by atoms with Gasteiger partial charge in [0.05, 0.1) is 5.38 Å². The molecule has 0 aromatic carbocycles. The smallest absolute Gasteiger partial charge is 0.0544 e. The number of likely N-dealkylation sites (tertiary alicyclic amines) is 1. The van der Waals surface area contributed by atoms with Crippen molar-refractivity contribution < 1.29 is 0 Å². The molecule has 74 valence electrons. The molecule has 1 fully saturated rings. The Morgan fingerprint density at radius 3 is 2.62 bits per heavy atom. The number of allylic oxidation sites excluding steroid dienone is 1. The molecule has 2 aliphatic rings. The number of rotatable bonds is 1. The van der Waals surface area contributed by atoms with Crippen LogP contribution in [0, 0.1) is 0 Å². The molecule has 0 aromatic heterocycles. The summed E-state index contributed by atoms with van der Waals surface area (Å²) in [7, 11) is 0. The first kappa shape index (κ1) is 9.50. The Bertz CT molecular complexity index is 199. The summed E-state index contributed by atoms with van der Waals surface area (Å²) in [5.41, 5.74) is 6.04. The minimum atomic E-state index is 0.134. The van der Waals surface area contributed by atoms with Gasteiger partial charge in [-0.2, -0.15) is 0 Å². The average molecular weight is 201 g/mol. The summed E-state index contributed by atoms with van der Waals surface area (Å²) < 4.78 is 0. The van der Waals surface area contributed by atoms with Crippen LogP contribution in [0.25, 0.3) is 0 Å². The Kier molecular flexibility index (Phi) is 2.92. The molecular weight excluding hydrogens is 184 g/mol. The molecule has 0 saturated carbocycles. The minimum Gasteiger partial charge on any atom is -0.323 e. The van der Waals surface area contributed by atoms with E-state index in [0.717, 1.165) is 6.42 Å². The van der Waals surface area contributed by atoms with Crippen LogP contribution in [-0.2, 0) is 0 Å². The van der Waals surface area contributed by atoms with Gasteiger partial charge in [0.15, 0.2) is 0 Å². The molecule has 1 aliphatic carbocycles. The second-order valence-corrected chi connectivity index (χ2v) is 4.55. The zero-order valence-electron chi connectivity index (χ0n) is 7.82. The zero-order valence-corrected chi connectivity index (χ0v) is 8.58. The van der Waals surface area contributed by atoms with E-state index in [1.54, 1.807) is 0 Å². The van der Waals surface area contributed by atoms with Crippen molar-refractivity contribution in [1.29, 1.82) is 0 Å². The van der Waals surface area contributed by atoms with Crippen LogP contribution in [0.1, 0.15) is 19.3 Å². The fourth-order valence-corrected chi connectivity index (χ4v) is 2.80. The highest BCUT2D eigenvalue weighted by Gasteiger charge is 2.33. The summed E-state index contributed by atoms with van der Waals surface area (Å²) in [6.07, 6.45) is 7.78. The Morgan fingerprint density at radius 1 is 1.31 bits per heavy atom. The molecule has 3 heteroatoms. The first-order valence-electron chi connectivity index (χ1n) is 5.09. The summed E-state index contributed by atoms with van der Waals surface area (Å²) in [6, 6.07) is 0.503. The van der Waals surface area contributed by atoms with Crippen molar-refractivity contribution in [2.24, 2.45) is 5.73 Å². The fourth-order valence-electron chi connectivity index (χ4n) is 2.37. The fraction of sp³-hybridized carbons (Fsp3) is 0.800. The Balaban J connectivity index is 2.06. The van der Waals surface area contributed by atoms with Crippen molar-refractivity contribution >= 4 is 11.6 Å². The Labute approximate surface area is 84.7 Å². The second kappa shape index (κ2) is 3.99. The van der Waals surface area contributed by atoms with Gasteiger partial charge in [-0.25, -0.2) is 0 Å². The molecule has 0 amide bonds. The molecule has 0 bridgehead atoms. The molecule has 3 atom stereocenters. The van der Waals surface area contributed by atoms with Crippen molar-refractivity contribution in [2.45, 2.75) is 36.7 Å². The summed E-state index contributed by atoms with van der Waals surface area (Å²) in [4.78, 5) is 2.45. The maximum Gasteiger partial charge on any atom is 0.0544 e. The van der Waals surface area contributed by atoms with E-state index in [4.69, 9.17) is 17.3 Å². The lowest BCUT2D eigenvalue weighted by molar-refractivity contribution is 0.214. The van der Waals surface area contributed by atoms with Crippen molar-refractivity contribution in [2.75, 3.05) is 13.1 Å². The summed E-state index contributed by atoms with van der Waals surface area (Å²) in [5, 5.41) is 0.207. The molecule has 2 rings (SSSR count). The van der Waals surface area contributed by atoms with E-state index in [9.17, 15) is 0 Å². The lowest BCUT2D eigenvalue weighted by Crippen LogP contribution is -2.52. The van der Waals surface area contributed by atoms with Gasteiger partial charge in [-0.1, -0.05) is 12.2 Å². The largest absolute Gasteiger partial charge is 0.323 e. The van der Waals surface area contributed by atoms with Gasteiger partial charge < -0.3 is 5.73 Å². The molecule has 13 heavy (non-hydrogen) atoms. The van der Waals surface area contributed by atoms with Crippen LogP contribution in [0.5, 0.6) is 0 Å². The van der Waals surface area contributed by atoms with Gasteiger partial charge in [0.1, 0.15) is 0 Å². The highest BCUT2D eigenvalue weighted by molar-refractivity contribution is 6.21. The number of nitrogens with two attached hydrogens (primary N) is 1. The third kappa shape index (κ3) is 1.90. The van der Waals surface area contributed by atoms with E-state index in [0.29, 0.717) is 6.04 Å². The summed E-state index contributed by atoms with van der Waals surface area (Å²) >= 11 is 6.28. The number of alkyl halides is 1. The summed E-state index contributed by atoms with van der Waals surface area (Å²) in [6.45, 7) is 2.35. The van der Waals surface area contributed by atoms with E-state index >= 15 is 0 Å². The molecule has 1 saturated heterocycles. The first-order valence-corrected chi connectivity index (χ1v) is 5.53. The van der Waals surface area contributed by atoms with E-state index in [1.807, 2.05) is 0 Å². The molecule has 2 nitrogen and oxygen atoms in total. The van der Waals surface area contributed by atoms with Crippen LogP contribution in [-0.4, -0.2) is 35.5 Å². The van der Waals surface area contributed by atoms with E-state index in [2.05, 4.69) is 17.1 Å². The number of hydrogen-bond acceptors (Lipinski definition) is 2. The Hall–Kier alpha value is -0.0500. The standard InChI is InChI=1S/C10H17ClN2/c11-8-4-3-5-9(12)10(8)13-6-1-2-7-13/h3,5,8-10H,1-2,4,6-7,12H2. The van der Waals surface area contributed by atoms with Crippen molar-refractivity contribution in [1.82, 2.24) is 4.90 Å². The molecule has 3 unspecified atom stereocenters. The highest BCUT2D eigenvalue weighted by atomic mass is 35.5. The van der Waals surface area contributed by atoms with Gasteiger partial charge in [0.25, 0.3) is 0 Å². The molecule has 0 radical (unpaired) electrons. The van der Waals surface area contributed by atoms with Crippen LogP contribution in [0.2, 0.25) is 0 Å². The van der Waals surface area contributed by atoms with Gasteiger partial charge in [0, 0.05) is 12.1 Å². The molecular formula is C10H17ClN2. The molecule has 0 spiro atoms. The van der Waals surface area contributed by atoms with Gasteiger partial charge in [-0.3, -0.25) is 4.90 Å². The minimum absolute atomic E-state index is 0.134. The van der Waals surface area contributed by atoms with Gasteiger partial charge >= 0.3 is 0 Å². The maximum absolute atomic E-state index is 6.28. The molecule has 1 aliphatic heterocycles. The zero-order chi connectivity index (χ0) is 9.26. The third-order valence-corrected chi connectivity index (χ3v) is 3.48. The average Bonchev–Trinajstić information content (AvgIpc) is 2.57. The monoisotopic (exact) mass is 200 g/mol. The van der Waals surface area contributed by atoms with Crippen LogP contribution in [0.4, 0.5) is 0 Å².